The van der Waals surface area contributed by atoms with Crippen LogP contribution in [0, 0.1) is 0 Å². The van der Waals surface area contributed by atoms with Crippen LogP contribution in [-0.4, -0.2) is 4.57 Å². The van der Waals surface area contributed by atoms with Crippen molar-refractivity contribution in [3.05, 3.63) is 205 Å². The molecule has 280 valence electrons. The molecule has 0 spiro atoms. The van der Waals surface area contributed by atoms with Crippen LogP contribution in [0.1, 0.15) is 17.5 Å². The van der Waals surface area contributed by atoms with E-state index in [1.807, 2.05) is 11.3 Å². The summed E-state index contributed by atoms with van der Waals surface area (Å²) in [7, 11) is 0. The van der Waals surface area contributed by atoms with Gasteiger partial charge in [0.25, 0.3) is 0 Å². The van der Waals surface area contributed by atoms with Gasteiger partial charge >= 0.3 is 0 Å². The van der Waals surface area contributed by atoms with E-state index in [2.05, 4.69) is 204 Å². The van der Waals surface area contributed by atoms with Crippen molar-refractivity contribution in [1.29, 1.82) is 0 Å². The number of aryl methyl sites for hydroxylation is 1. The number of aromatic nitrogens is 1. The molecule has 8 aromatic carbocycles. The van der Waals surface area contributed by atoms with Gasteiger partial charge in [0.1, 0.15) is 5.76 Å². The maximum Gasteiger partial charge on any atom is 0.205 e. The van der Waals surface area contributed by atoms with E-state index in [0.717, 1.165) is 52.6 Å². The maximum absolute atomic E-state index is 7.03. The van der Waals surface area contributed by atoms with Gasteiger partial charge in [-0.2, -0.15) is 0 Å². The number of hydrogen-bond donors (Lipinski definition) is 0. The van der Waals surface area contributed by atoms with E-state index < -0.39 is 0 Å². The first-order valence-corrected chi connectivity index (χ1v) is 21.3. The highest BCUT2D eigenvalue weighted by Gasteiger charge is 2.24. The van der Waals surface area contributed by atoms with Gasteiger partial charge in [0.15, 0.2) is 0 Å². The highest BCUT2D eigenvalue weighted by molar-refractivity contribution is 7.26. The SMILES string of the molecule is c1ccc(-c2ccc(N(c3cc(-c4cccc5c4CCC5)c4c(c3)sc3ccccc34)c3ccc(-c4ccc5c6ccccc6n(-c6ccccc6)c5c4)o3)cc2)cc1. The van der Waals surface area contributed by atoms with Crippen molar-refractivity contribution in [2.45, 2.75) is 19.3 Å². The number of anilines is 3. The first-order valence-electron chi connectivity index (χ1n) is 20.5. The van der Waals surface area contributed by atoms with Crippen LogP contribution >= 0.6 is 11.3 Å². The Labute approximate surface area is 346 Å². The molecule has 3 heterocycles. The molecular formula is C55H38N2OS. The van der Waals surface area contributed by atoms with Gasteiger partial charge in [-0.1, -0.05) is 127 Å². The normalized spacial score (nSPS) is 12.5. The third-order valence-corrected chi connectivity index (χ3v) is 13.3. The van der Waals surface area contributed by atoms with Crippen LogP contribution in [0.3, 0.4) is 0 Å². The Balaban J connectivity index is 1.05. The van der Waals surface area contributed by atoms with Crippen molar-refractivity contribution in [2.24, 2.45) is 0 Å². The molecular weight excluding hydrogens is 737 g/mol. The Morgan fingerprint density at radius 1 is 0.475 bits per heavy atom. The Kier molecular flexibility index (Phi) is 7.92. The Hall–Kier alpha value is -7.14. The van der Waals surface area contributed by atoms with Crippen molar-refractivity contribution in [2.75, 3.05) is 4.90 Å². The number of benzene rings is 8. The summed E-state index contributed by atoms with van der Waals surface area (Å²) in [5.74, 6) is 1.59. The predicted octanol–water partition coefficient (Wildman–Crippen LogP) is 15.7. The van der Waals surface area contributed by atoms with Gasteiger partial charge in [-0.25, -0.2) is 0 Å². The van der Waals surface area contributed by atoms with Gasteiger partial charge in [0, 0.05) is 53.9 Å². The van der Waals surface area contributed by atoms with E-state index >= 15 is 0 Å². The largest absolute Gasteiger partial charge is 0.440 e. The monoisotopic (exact) mass is 774 g/mol. The number of thiophene rings is 1. The highest BCUT2D eigenvalue weighted by atomic mass is 32.1. The molecule has 3 nitrogen and oxygen atoms in total. The van der Waals surface area contributed by atoms with Crippen LogP contribution < -0.4 is 4.90 Å². The van der Waals surface area contributed by atoms with E-state index in [4.69, 9.17) is 4.42 Å². The highest BCUT2D eigenvalue weighted by Crippen LogP contribution is 2.48. The summed E-state index contributed by atoms with van der Waals surface area (Å²) in [6, 6.07) is 70.3. The molecule has 0 saturated carbocycles. The van der Waals surface area contributed by atoms with Crippen LogP contribution in [0.25, 0.3) is 81.2 Å². The molecule has 1 aliphatic carbocycles. The molecule has 0 unspecified atom stereocenters. The fourth-order valence-electron chi connectivity index (χ4n) is 9.47. The summed E-state index contributed by atoms with van der Waals surface area (Å²) in [4.78, 5) is 2.30. The number of para-hydroxylation sites is 2. The van der Waals surface area contributed by atoms with Gasteiger partial charge in [-0.05, 0) is 113 Å². The molecule has 12 rings (SSSR count). The summed E-state index contributed by atoms with van der Waals surface area (Å²) < 4.78 is 12.0. The van der Waals surface area contributed by atoms with Crippen molar-refractivity contribution < 1.29 is 4.42 Å². The van der Waals surface area contributed by atoms with Crippen LogP contribution in [-0.2, 0) is 12.8 Å². The van der Waals surface area contributed by atoms with Gasteiger partial charge in [-0.3, -0.25) is 4.90 Å². The second-order valence-corrected chi connectivity index (χ2v) is 16.7. The van der Waals surface area contributed by atoms with Crippen LogP contribution in [0.2, 0.25) is 0 Å². The number of rotatable bonds is 7. The molecule has 0 radical (unpaired) electrons. The van der Waals surface area contributed by atoms with Gasteiger partial charge in [0.2, 0.25) is 5.88 Å². The van der Waals surface area contributed by atoms with Crippen molar-refractivity contribution >= 4 is 70.6 Å². The fraction of sp³-hybridized carbons (Fsp3) is 0.0545. The van der Waals surface area contributed by atoms with Crippen molar-refractivity contribution in [3.8, 4) is 39.3 Å². The van der Waals surface area contributed by atoms with Crippen LogP contribution in [0.4, 0.5) is 17.3 Å². The summed E-state index contributed by atoms with van der Waals surface area (Å²) in [6.45, 7) is 0. The Morgan fingerprint density at radius 2 is 1.20 bits per heavy atom. The second-order valence-electron chi connectivity index (χ2n) is 15.6. The summed E-state index contributed by atoms with van der Waals surface area (Å²) >= 11 is 1.87. The topological polar surface area (TPSA) is 21.3 Å². The van der Waals surface area contributed by atoms with Crippen molar-refractivity contribution in [1.82, 2.24) is 4.57 Å². The van der Waals surface area contributed by atoms with Crippen LogP contribution in [0.5, 0.6) is 0 Å². The predicted molar refractivity (Wildman–Crippen MR) is 249 cm³/mol. The van der Waals surface area contributed by atoms with E-state index in [-0.39, 0.29) is 0 Å². The van der Waals surface area contributed by atoms with Gasteiger partial charge in [0.05, 0.1) is 16.7 Å². The van der Waals surface area contributed by atoms with E-state index in [9.17, 15) is 0 Å². The quantitative estimate of drug-likeness (QED) is 0.161. The standard InChI is InChI=1S/C55H38N2OS/c1-3-13-36(14-4-1)37-25-28-41(29-26-37)56(42-34-48(44-22-12-16-38-15-11-21-43(38)44)55-47-20-8-10-24-52(47)59-53(55)35-42)54-32-31-51(58-54)39-27-30-46-45-19-7-9-23-49(45)57(50(46)33-39)40-17-5-2-6-18-40/h1-10,12-14,16-20,22-35H,11,15,21H2. The lowest BCUT2D eigenvalue weighted by molar-refractivity contribution is 0.588. The number of fused-ring (bicyclic) bond motifs is 7. The minimum absolute atomic E-state index is 0.765. The Morgan fingerprint density at radius 3 is 2.07 bits per heavy atom. The van der Waals surface area contributed by atoms with Gasteiger partial charge in [-0.15, -0.1) is 11.3 Å². The zero-order chi connectivity index (χ0) is 38.9. The van der Waals surface area contributed by atoms with Crippen LogP contribution in [0.15, 0.2) is 199 Å². The molecule has 3 aromatic heterocycles. The minimum atomic E-state index is 0.765. The number of hydrogen-bond acceptors (Lipinski definition) is 3. The number of nitrogens with zero attached hydrogens (tertiary/aromatic N) is 2. The van der Waals surface area contributed by atoms with E-state index in [1.165, 1.54) is 76.3 Å². The minimum Gasteiger partial charge on any atom is -0.440 e. The molecule has 1 aliphatic rings. The maximum atomic E-state index is 7.03. The molecule has 0 atom stereocenters. The fourth-order valence-corrected chi connectivity index (χ4v) is 10.6. The summed E-state index contributed by atoms with van der Waals surface area (Å²) in [5, 5.41) is 5.10. The lowest BCUT2D eigenvalue weighted by Crippen LogP contribution is -2.09. The van der Waals surface area contributed by atoms with Gasteiger partial charge < -0.3 is 8.98 Å². The average molecular weight is 775 g/mol. The molecule has 0 saturated heterocycles. The summed E-state index contributed by atoms with van der Waals surface area (Å²) in [6.07, 6.45) is 3.45. The third kappa shape index (κ3) is 5.63. The molecule has 0 bridgehead atoms. The van der Waals surface area contributed by atoms with E-state index in [0.29, 0.717) is 0 Å². The third-order valence-electron chi connectivity index (χ3n) is 12.2. The van der Waals surface area contributed by atoms with Crippen molar-refractivity contribution in [3.63, 3.8) is 0 Å². The number of furan rings is 1. The zero-order valence-corrected chi connectivity index (χ0v) is 33.1. The smallest absolute Gasteiger partial charge is 0.205 e. The molecule has 11 aromatic rings. The molecule has 0 aliphatic heterocycles. The molecule has 0 fully saturated rings. The lowest BCUT2D eigenvalue weighted by atomic mass is 9.93. The zero-order valence-electron chi connectivity index (χ0n) is 32.3. The molecule has 0 N–H and O–H groups in total. The molecule has 0 amide bonds. The first-order chi connectivity index (χ1) is 29.2. The van der Waals surface area contributed by atoms with E-state index in [1.54, 1.807) is 0 Å². The summed E-state index contributed by atoms with van der Waals surface area (Å²) in [5.41, 5.74) is 14.6. The Bertz CT molecular complexity index is 3350. The second kappa shape index (κ2) is 13.8. The molecule has 4 heteroatoms. The lowest BCUT2D eigenvalue weighted by Gasteiger charge is -2.24. The first kappa shape index (κ1) is 33.9. The molecule has 59 heavy (non-hydrogen) atoms. The average Bonchev–Trinajstić information content (AvgIpc) is 4.11.